The molecule has 1 fully saturated rings. The molecule has 2 nitrogen and oxygen atoms in total. The fourth-order valence-corrected chi connectivity index (χ4v) is 3.21. The largest absolute Gasteiger partial charge is 0.311 e. The van der Waals surface area contributed by atoms with Gasteiger partial charge < -0.3 is 5.32 Å². The minimum Gasteiger partial charge on any atom is -0.311 e. The van der Waals surface area contributed by atoms with E-state index in [1.165, 1.54) is 6.07 Å². The Labute approximate surface area is 132 Å². The van der Waals surface area contributed by atoms with Crippen molar-refractivity contribution < 1.29 is 4.39 Å². The van der Waals surface area contributed by atoms with Gasteiger partial charge in [-0.05, 0) is 23.5 Å². The lowest BCUT2D eigenvalue weighted by Gasteiger charge is -2.44. The fourth-order valence-electron chi connectivity index (χ4n) is 3.03. The van der Waals surface area contributed by atoms with Crippen LogP contribution in [0.3, 0.4) is 0 Å². The molecule has 0 saturated carbocycles. The van der Waals surface area contributed by atoms with Crippen LogP contribution >= 0.6 is 11.6 Å². The Morgan fingerprint density at radius 1 is 1.29 bits per heavy atom. The summed E-state index contributed by atoms with van der Waals surface area (Å²) in [7, 11) is 0. The van der Waals surface area contributed by atoms with Gasteiger partial charge in [-0.1, -0.05) is 51.4 Å². The van der Waals surface area contributed by atoms with Gasteiger partial charge in [-0.15, -0.1) is 0 Å². The molecule has 1 aromatic carbocycles. The zero-order valence-electron chi connectivity index (χ0n) is 13.4. The van der Waals surface area contributed by atoms with E-state index in [4.69, 9.17) is 11.6 Å². The van der Waals surface area contributed by atoms with Crippen LogP contribution in [0.4, 0.5) is 4.39 Å². The molecule has 0 amide bonds. The van der Waals surface area contributed by atoms with Gasteiger partial charge in [0.05, 0.1) is 5.02 Å². The molecule has 0 aromatic heterocycles. The van der Waals surface area contributed by atoms with E-state index in [9.17, 15) is 4.39 Å². The Hall–Kier alpha value is -0.640. The number of hydrogen-bond acceptors (Lipinski definition) is 2. The Bertz CT molecular complexity index is 476. The Balaban J connectivity index is 2.18. The second-order valence-electron chi connectivity index (χ2n) is 6.71. The summed E-state index contributed by atoms with van der Waals surface area (Å²) in [6.07, 6.45) is 0. The molecular formula is C17H26ClFN2. The van der Waals surface area contributed by atoms with Crippen LogP contribution in [0.5, 0.6) is 0 Å². The lowest BCUT2D eigenvalue weighted by molar-refractivity contribution is 0.0783. The third kappa shape index (κ3) is 3.97. The maximum absolute atomic E-state index is 13.6. The minimum atomic E-state index is -0.328. The van der Waals surface area contributed by atoms with Crippen LogP contribution in [-0.2, 0) is 6.54 Å². The van der Waals surface area contributed by atoms with Gasteiger partial charge in [0.1, 0.15) is 5.82 Å². The molecule has 4 heteroatoms. The van der Waals surface area contributed by atoms with E-state index < -0.39 is 0 Å². The molecule has 1 aliphatic rings. The summed E-state index contributed by atoms with van der Waals surface area (Å²) in [5, 5.41) is 3.91. The van der Waals surface area contributed by atoms with Crippen LogP contribution in [0.15, 0.2) is 18.2 Å². The number of halogens is 2. The highest BCUT2D eigenvalue weighted by Gasteiger charge is 2.31. The van der Waals surface area contributed by atoms with Crippen LogP contribution in [-0.4, -0.2) is 30.1 Å². The van der Waals surface area contributed by atoms with E-state index in [2.05, 4.69) is 37.9 Å². The lowest BCUT2D eigenvalue weighted by Crippen LogP contribution is -2.59. The molecule has 1 aromatic rings. The zero-order valence-corrected chi connectivity index (χ0v) is 14.1. The molecule has 1 saturated heterocycles. The van der Waals surface area contributed by atoms with E-state index in [1.54, 1.807) is 6.07 Å². The SMILES string of the molecule is CC(C)C1CN(Cc2cccc(F)c2Cl)C(C(C)C)CN1. The molecule has 0 bridgehead atoms. The van der Waals surface area contributed by atoms with Crippen molar-refractivity contribution in [2.24, 2.45) is 11.8 Å². The Kier molecular flexibility index (Phi) is 5.64. The number of piperazine rings is 1. The summed E-state index contributed by atoms with van der Waals surface area (Å²) in [4.78, 5) is 2.45. The van der Waals surface area contributed by atoms with Gasteiger partial charge in [0.15, 0.2) is 0 Å². The van der Waals surface area contributed by atoms with Crippen molar-refractivity contribution in [3.8, 4) is 0 Å². The van der Waals surface area contributed by atoms with Gasteiger partial charge in [0, 0.05) is 31.7 Å². The monoisotopic (exact) mass is 312 g/mol. The molecule has 0 spiro atoms. The highest BCUT2D eigenvalue weighted by atomic mass is 35.5. The summed E-state index contributed by atoms with van der Waals surface area (Å²) < 4.78 is 13.6. The molecule has 2 rings (SSSR count). The van der Waals surface area contributed by atoms with E-state index in [0.29, 0.717) is 30.5 Å². The molecule has 2 atom stereocenters. The Morgan fingerprint density at radius 3 is 2.62 bits per heavy atom. The van der Waals surface area contributed by atoms with Crippen molar-refractivity contribution in [3.05, 3.63) is 34.6 Å². The molecule has 1 heterocycles. The quantitative estimate of drug-likeness (QED) is 0.906. The fraction of sp³-hybridized carbons (Fsp3) is 0.647. The van der Waals surface area contributed by atoms with Crippen LogP contribution < -0.4 is 5.32 Å². The van der Waals surface area contributed by atoms with Gasteiger partial charge >= 0.3 is 0 Å². The molecule has 1 N–H and O–H groups in total. The average Bonchev–Trinajstić information content (AvgIpc) is 2.43. The summed E-state index contributed by atoms with van der Waals surface area (Å²) in [6.45, 7) is 11.6. The Morgan fingerprint density at radius 2 is 2.00 bits per heavy atom. The average molecular weight is 313 g/mol. The third-order valence-corrected chi connectivity index (χ3v) is 4.89. The van der Waals surface area contributed by atoms with Crippen LogP contribution in [0.1, 0.15) is 33.3 Å². The first kappa shape index (κ1) is 16.7. The van der Waals surface area contributed by atoms with Crippen LogP contribution in [0.2, 0.25) is 5.02 Å². The first-order chi connectivity index (χ1) is 9.90. The molecular weight excluding hydrogens is 287 g/mol. The molecule has 21 heavy (non-hydrogen) atoms. The summed E-state index contributed by atoms with van der Waals surface area (Å²) in [5.41, 5.74) is 0.881. The molecule has 1 aliphatic heterocycles. The topological polar surface area (TPSA) is 15.3 Å². The van der Waals surface area contributed by atoms with E-state index in [1.807, 2.05) is 6.07 Å². The second kappa shape index (κ2) is 7.08. The van der Waals surface area contributed by atoms with Gasteiger partial charge in [0.2, 0.25) is 0 Å². The highest BCUT2D eigenvalue weighted by molar-refractivity contribution is 6.31. The standard InChI is InChI=1S/C17H26ClFN2/c1-11(2)15-10-21(16(8-20-15)12(3)4)9-13-6-5-7-14(19)17(13)18/h5-7,11-12,15-16,20H,8-10H2,1-4H3. The highest BCUT2D eigenvalue weighted by Crippen LogP contribution is 2.25. The van der Waals surface area contributed by atoms with Crippen molar-refractivity contribution in [1.29, 1.82) is 0 Å². The predicted octanol–water partition coefficient (Wildman–Crippen LogP) is 3.93. The van der Waals surface area contributed by atoms with Crippen molar-refractivity contribution in [2.45, 2.75) is 46.3 Å². The zero-order chi connectivity index (χ0) is 15.6. The van der Waals surface area contributed by atoms with Gasteiger partial charge in [-0.25, -0.2) is 4.39 Å². The lowest BCUT2D eigenvalue weighted by atomic mass is 9.93. The first-order valence-electron chi connectivity index (χ1n) is 7.80. The number of nitrogens with one attached hydrogen (secondary N) is 1. The molecule has 0 aliphatic carbocycles. The normalized spacial score (nSPS) is 24.0. The van der Waals surface area contributed by atoms with E-state index in [-0.39, 0.29) is 10.8 Å². The molecule has 0 radical (unpaired) electrons. The number of rotatable bonds is 4. The summed E-state index contributed by atoms with van der Waals surface area (Å²) >= 11 is 6.12. The van der Waals surface area contributed by atoms with Crippen molar-refractivity contribution in [1.82, 2.24) is 10.2 Å². The molecule has 118 valence electrons. The van der Waals surface area contributed by atoms with Crippen molar-refractivity contribution >= 4 is 11.6 Å². The van der Waals surface area contributed by atoms with Gasteiger partial charge in [0.25, 0.3) is 0 Å². The van der Waals surface area contributed by atoms with E-state index >= 15 is 0 Å². The maximum Gasteiger partial charge on any atom is 0.142 e. The number of hydrogen-bond donors (Lipinski definition) is 1. The van der Waals surface area contributed by atoms with Crippen molar-refractivity contribution in [3.63, 3.8) is 0 Å². The minimum absolute atomic E-state index is 0.264. The number of nitrogens with zero attached hydrogens (tertiary/aromatic N) is 1. The summed E-state index contributed by atoms with van der Waals surface area (Å²) in [6, 6.07) is 6.02. The second-order valence-corrected chi connectivity index (χ2v) is 7.09. The maximum atomic E-state index is 13.6. The van der Waals surface area contributed by atoms with E-state index in [0.717, 1.165) is 18.7 Å². The smallest absolute Gasteiger partial charge is 0.142 e. The van der Waals surface area contributed by atoms with Crippen LogP contribution in [0, 0.1) is 17.7 Å². The summed E-state index contributed by atoms with van der Waals surface area (Å²) in [5.74, 6) is 0.812. The molecule has 2 unspecified atom stereocenters. The first-order valence-corrected chi connectivity index (χ1v) is 8.18. The van der Waals surface area contributed by atoms with Gasteiger partial charge in [-0.2, -0.15) is 0 Å². The third-order valence-electron chi connectivity index (χ3n) is 4.47. The van der Waals surface area contributed by atoms with Gasteiger partial charge in [-0.3, -0.25) is 4.90 Å². The predicted molar refractivity (Wildman–Crippen MR) is 87.1 cm³/mol. The number of benzene rings is 1. The van der Waals surface area contributed by atoms with Crippen LogP contribution in [0.25, 0.3) is 0 Å². The van der Waals surface area contributed by atoms with Crippen molar-refractivity contribution in [2.75, 3.05) is 13.1 Å².